The van der Waals surface area contributed by atoms with E-state index in [1.807, 2.05) is 0 Å². The predicted octanol–water partition coefficient (Wildman–Crippen LogP) is 1.58. The van der Waals surface area contributed by atoms with E-state index < -0.39 is 11.9 Å². The van der Waals surface area contributed by atoms with E-state index in [9.17, 15) is 22.8 Å². The van der Waals surface area contributed by atoms with E-state index in [0.29, 0.717) is 26.2 Å². The minimum Gasteiger partial charge on any atom is -0.340 e. The van der Waals surface area contributed by atoms with Gasteiger partial charge in [0.2, 0.25) is 5.91 Å². The first-order valence-corrected chi connectivity index (χ1v) is 8.31. The fourth-order valence-corrected chi connectivity index (χ4v) is 3.04. The van der Waals surface area contributed by atoms with Gasteiger partial charge < -0.3 is 9.47 Å². The topological polar surface area (TPSA) is 58.4 Å². The number of aromatic nitrogens is 2. The van der Waals surface area contributed by atoms with Gasteiger partial charge in [0.1, 0.15) is 5.69 Å². The molecule has 140 valence electrons. The van der Waals surface area contributed by atoms with Crippen molar-refractivity contribution >= 4 is 16.8 Å². The molecule has 0 spiro atoms. The Bertz CT molecular complexity index is 870. The van der Waals surface area contributed by atoms with Gasteiger partial charge in [-0.25, -0.2) is 4.98 Å². The van der Waals surface area contributed by atoms with E-state index in [1.165, 1.54) is 22.9 Å². The summed E-state index contributed by atoms with van der Waals surface area (Å²) < 4.78 is 39.7. The molecule has 0 aromatic carbocycles. The molecule has 0 saturated carbocycles. The molecule has 9 heteroatoms. The largest absolute Gasteiger partial charge is 0.433 e. The monoisotopic (exact) mass is 368 g/mol. The van der Waals surface area contributed by atoms with E-state index in [4.69, 9.17) is 0 Å². The molecule has 1 aliphatic rings. The highest BCUT2D eigenvalue weighted by Gasteiger charge is 2.32. The summed E-state index contributed by atoms with van der Waals surface area (Å²) in [6.07, 6.45) is -3.06. The van der Waals surface area contributed by atoms with Crippen molar-refractivity contribution in [1.82, 2.24) is 19.4 Å². The van der Waals surface area contributed by atoms with Crippen LogP contribution in [0.2, 0.25) is 0 Å². The highest BCUT2D eigenvalue weighted by Crippen LogP contribution is 2.28. The summed E-state index contributed by atoms with van der Waals surface area (Å²) in [5.74, 6) is 0.0566. The summed E-state index contributed by atoms with van der Waals surface area (Å²) in [4.78, 5) is 31.3. The number of pyridine rings is 2. The first kappa shape index (κ1) is 18.4. The molecular formula is C17H19F3N4O2. The third kappa shape index (κ3) is 3.87. The van der Waals surface area contributed by atoms with Crippen LogP contribution < -0.4 is 5.56 Å². The Kier molecular flexibility index (Phi) is 4.99. The van der Waals surface area contributed by atoms with E-state index in [2.05, 4.69) is 9.88 Å². The van der Waals surface area contributed by atoms with Crippen LogP contribution in [-0.2, 0) is 17.5 Å². The smallest absolute Gasteiger partial charge is 0.340 e. The Labute approximate surface area is 147 Å². The maximum atomic E-state index is 12.7. The van der Waals surface area contributed by atoms with Gasteiger partial charge in [-0.15, -0.1) is 0 Å². The number of hydrogen-bond acceptors (Lipinski definition) is 4. The second-order valence-corrected chi connectivity index (χ2v) is 6.29. The Morgan fingerprint density at radius 2 is 1.81 bits per heavy atom. The van der Waals surface area contributed by atoms with Crippen molar-refractivity contribution in [3.05, 3.63) is 40.4 Å². The van der Waals surface area contributed by atoms with Crippen LogP contribution in [0.4, 0.5) is 13.2 Å². The predicted molar refractivity (Wildman–Crippen MR) is 89.7 cm³/mol. The molecule has 0 atom stereocenters. The molecule has 1 fully saturated rings. The fraction of sp³-hybridized carbons (Fsp3) is 0.471. The normalized spacial score (nSPS) is 16.2. The van der Waals surface area contributed by atoms with Gasteiger partial charge in [0.15, 0.2) is 0 Å². The molecule has 6 nitrogen and oxygen atoms in total. The quantitative estimate of drug-likeness (QED) is 0.826. The minimum absolute atomic E-state index is 0.0381. The van der Waals surface area contributed by atoms with Crippen LogP contribution in [0.5, 0.6) is 0 Å². The summed E-state index contributed by atoms with van der Waals surface area (Å²) in [6, 6.07) is 3.43. The highest BCUT2D eigenvalue weighted by atomic mass is 19.4. The van der Waals surface area contributed by atoms with Crippen molar-refractivity contribution in [1.29, 1.82) is 0 Å². The van der Waals surface area contributed by atoms with Crippen molar-refractivity contribution in [2.45, 2.75) is 19.6 Å². The zero-order chi connectivity index (χ0) is 18.9. The summed E-state index contributed by atoms with van der Waals surface area (Å²) in [6.45, 7) is 5.39. The molecule has 0 unspecified atom stereocenters. The van der Waals surface area contributed by atoms with E-state index in [1.54, 1.807) is 11.8 Å². The van der Waals surface area contributed by atoms with Crippen molar-refractivity contribution in [3.8, 4) is 0 Å². The van der Waals surface area contributed by atoms with Crippen LogP contribution in [0, 0.1) is 0 Å². The summed E-state index contributed by atoms with van der Waals surface area (Å²) in [5, 5.41) is 0.168. The Balaban J connectivity index is 1.70. The molecule has 1 amide bonds. The first-order valence-electron chi connectivity index (χ1n) is 8.31. The lowest BCUT2D eigenvalue weighted by molar-refractivity contribution is -0.141. The maximum absolute atomic E-state index is 12.7. The average molecular weight is 368 g/mol. The zero-order valence-corrected chi connectivity index (χ0v) is 14.3. The summed E-state index contributed by atoms with van der Waals surface area (Å²) >= 11 is 0. The lowest BCUT2D eigenvalue weighted by Gasteiger charge is -2.34. The van der Waals surface area contributed by atoms with Gasteiger partial charge in [-0.2, -0.15) is 13.2 Å². The summed E-state index contributed by atoms with van der Waals surface area (Å²) in [5.41, 5.74) is -1.33. The van der Waals surface area contributed by atoms with Gasteiger partial charge in [0.05, 0.1) is 10.9 Å². The van der Waals surface area contributed by atoms with E-state index in [0.717, 1.165) is 19.2 Å². The minimum atomic E-state index is -4.54. The highest BCUT2D eigenvalue weighted by molar-refractivity contribution is 5.77. The Morgan fingerprint density at radius 1 is 1.12 bits per heavy atom. The SMILES string of the molecule is CC(=O)N1CCN(CCn2ccc3nc(C(F)(F)F)ccc3c2=O)CC1. The van der Waals surface area contributed by atoms with Crippen molar-refractivity contribution in [2.75, 3.05) is 32.7 Å². The average Bonchev–Trinajstić information content (AvgIpc) is 2.60. The molecule has 3 heterocycles. The van der Waals surface area contributed by atoms with Crippen LogP contribution in [-0.4, -0.2) is 58.0 Å². The number of rotatable bonds is 3. The van der Waals surface area contributed by atoms with Crippen LogP contribution in [0.25, 0.3) is 10.9 Å². The van der Waals surface area contributed by atoms with Gasteiger partial charge in [0, 0.05) is 52.4 Å². The molecule has 0 N–H and O–H groups in total. The second kappa shape index (κ2) is 7.06. The number of alkyl halides is 3. The van der Waals surface area contributed by atoms with Crippen LogP contribution in [0.15, 0.2) is 29.2 Å². The van der Waals surface area contributed by atoms with Crippen LogP contribution in [0.3, 0.4) is 0 Å². The zero-order valence-electron chi connectivity index (χ0n) is 14.3. The molecule has 2 aromatic heterocycles. The lowest BCUT2D eigenvalue weighted by Crippen LogP contribution is -2.48. The Hall–Kier alpha value is -2.42. The van der Waals surface area contributed by atoms with Gasteiger partial charge in [-0.1, -0.05) is 0 Å². The molecule has 3 rings (SSSR count). The van der Waals surface area contributed by atoms with E-state index >= 15 is 0 Å². The molecule has 0 bridgehead atoms. The second-order valence-electron chi connectivity index (χ2n) is 6.29. The lowest BCUT2D eigenvalue weighted by atomic mass is 10.2. The Morgan fingerprint density at radius 3 is 2.42 bits per heavy atom. The van der Waals surface area contributed by atoms with Gasteiger partial charge in [-0.05, 0) is 18.2 Å². The van der Waals surface area contributed by atoms with Gasteiger partial charge in [0.25, 0.3) is 5.56 Å². The molecule has 0 aliphatic carbocycles. The van der Waals surface area contributed by atoms with Crippen molar-refractivity contribution in [2.24, 2.45) is 0 Å². The van der Waals surface area contributed by atoms with Gasteiger partial charge in [-0.3, -0.25) is 14.5 Å². The number of fused-ring (bicyclic) bond motifs is 1. The van der Waals surface area contributed by atoms with Crippen molar-refractivity contribution in [3.63, 3.8) is 0 Å². The van der Waals surface area contributed by atoms with Gasteiger partial charge >= 0.3 is 6.18 Å². The fourth-order valence-electron chi connectivity index (χ4n) is 3.04. The van der Waals surface area contributed by atoms with E-state index in [-0.39, 0.29) is 22.4 Å². The number of hydrogen-bond donors (Lipinski definition) is 0. The number of amides is 1. The number of nitrogens with zero attached hydrogens (tertiary/aromatic N) is 4. The number of carbonyl (C=O) groups excluding carboxylic acids is 1. The molecule has 0 radical (unpaired) electrons. The molecule has 1 saturated heterocycles. The number of piperazine rings is 1. The molecular weight excluding hydrogens is 349 g/mol. The standard InChI is InChI=1S/C17H19F3N4O2/c1-12(25)23-9-6-22(7-10-23)8-11-24-5-4-14-13(16(24)26)2-3-15(21-14)17(18,19)20/h2-5H,6-11H2,1H3. The van der Waals surface area contributed by atoms with Crippen LogP contribution in [0.1, 0.15) is 12.6 Å². The third-order valence-electron chi connectivity index (χ3n) is 4.59. The molecule has 26 heavy (non-hydrogen) atoms. The third-order valence-corrected chi connectivity index (χ3v) is 4.59. The number of halogens is 3. The maximum Gasteiger partial charge on any atom is 0.433 e. The van der Waals surface area contributed by atoms with Crippen molar-refractivity contribution < 1.29 is 18.0 Å². The summed E-state index contributed by atoms with van der Waals surface area (Å²) in [7, 11) is 0. The number of carbonyl (C=O) groups is 1. The first-order chi connectivity index (χ1) is 12.3. The van der Waals surface area contributed by atoms with Crippen LogP contribution >= 0.6 is 0 Å². The molecule has 1 aliphatic heterocycles. The molecule has 2 aromatic rings.